The normalized spacial score (nSPS) is 14.4. The van der Waals surface area contributed by atoms with Crippen molar-refractivity contribution in [2.24, 2.45) is 0 Å². The Hall–Kier alpha value is -1.02. The maximum absolute atomic E-state index is 9.12. The molecule has 0 aromatic heterocycles. The molecule has 0 aliphatic rings. The van der Waals surface area contributed by atoms with Crippen molar-refractivity contribution in [1.29, 1.82) is 0 Å². The summed E-state index contributed by atoms with van der Waals surface area (Å²) < 4.78 is 5.61. The number of rotatable bonds is 7. The molecule has 0 aliphatic carbocycles. The van der Waals surface area contributed by atoms with Crippen LogP contribution < -0.4 is 4.74 Å². The van der Waals surface area contributed by atoms with Gasteiger partial charge in [-0.25, -0.2) is 0 Å². The van der Waals surface area contributed by atoms with E-state index in [0.29, 0.717) is 12.5 Å². The number of hydrogen-bond donors (Lipinski definition) is 1. The van der Waals surface area contributed by atoms with Gasteiger partial charge in [0, 0.05) is 0 Å². The molecule has 1 N–H and O–H groups in total. The minimum atomic E-state index is -0.230. The topological polar surface area (TPSA) is 29.5 Å². The van der Waals surface area contributed by atoms with Gasteiger partial charge in [0.05, 0.1) is 12.7 Å². The van der Waals surface area contributed by atoms with E-state index in [4.69, 9.17) is 9.84 Å². The molecule has 0 heterocycles. The van der Waals surface area contributed by atoms with Crippen molar-refractivity contribution in [1.82, 2.24) is 0 Å². The quantitative estimate of drug-likeness (QED) is 0.731. The number of aliphatic hydroxyl groups is 1. The van der Waals surface area contributed by atoms with Gasteiger partial charge >= 0.3 is 0 Å². The summed E-state index contributed by atoms with van der Waals surface area (Å²) in [6.45, 7) is 6.91. The molecule has 1 aromatic rings. The molecule has 0 bridgehead atoms. The largest absolute Gasteiger partial charge is 0.494 e. The van der Waals surface area contributed by atoms with Crippen molar-refractivity contribution in [2.45, 2.75) is 52.1 Å². The lowest BCUT2D eigenvalue weighted by atomic mass is 9.99. The molecule has 2 atom stereocenters. The van der Waals surface area contributed by atoms with Crippen LogP contribution in [0.1, 0.15) is 51.5 Å². The summed E-state index contributed by atoms with van der Waals surface area (Å²) in [5.41, 5.74) is 1.36. The Balaban J connectivity index is 2.35. The average Bonchev–Trinajstić information content (AvgIpc) is 2.34. The average molecular weight is 236 g/mol. The summed E-state index contributed by atoms with van der Waals surface area (Å²) >= 11 is 0. The molecule has 0 amide bonds. The third-order valence-electron chi connectivity index (χ3n) is 3.10. The van der Waals surface area contributed by atoms with Crippen molar-refractivity contribution in [3.63, 3.8) is 0 Å². The van der Waals surface area contributed by atoms with Crippen molar-refractivity contribution in [2.75, 3.05) is 6.61 Å². The molecular formula is C15H24O2. The third kappa shape index (κ3) is 5.22. The molecular weight excluding hydrogens is 212 g/mol. The molecule has 1 rings (SSSR count). The maximum Gasteiger partial charge on any atom is 0.119 e. The summed E-state index contributed by atoms with van der Waals surface area (Å²) in [5, 5.41) is 9.12. The number of benzene rings is 1. The molecule has 0 aliphatic heterocycles. The standard InChI is InChI=1S/C15H24O2/c1-4-12(2)14-7-9-15(10-8-14)17-11-5-6-13(3)16/h7-10,12-13,16H,4-6,11H2,1-3H3. The molecule has 2 unspecified atom stereocenters. The first-order valence-electron chi connectivity index (χ1n) is 6.54. The Morgan fingerprint density at radius 3 is 2.35 bits per heavy atom. The zero-order chi connectivity index (χ0) is 12.7. The second-order valence-electron chi connectivity index (χ2n) is 4.72. The molecule has 0 radical (unpaired) electrons. The van der Waals surface area contributed by atoms with E-state index in [1.165, 1.54) is 5.56 Å². The van der Waals surface area contributed by atoms with Gasteiger partial charge < -0.3 is 9.84 Å². The third-order valence-corrected chi connectivity index (χ3v) is 3.10. The van der Waals surface area contributed by atoms with Crippen molar-refractivity contribution < 1.29 is 9.84 Å². The Labute approximate surface area is 105 Å². The highest BCUT2D eigenvalue weighted by atomic mass is 16.5. The van der Waals surface area contributed by atoms with Crippen LogP contribution in [0.4, 0.5) is 0 Å². The molecule has 2 heteroatoms. The molecule has 0 spiro atoms. The summed E-state index contributed by atoms with van der Waals surface area (Å²) in [5.74, 6) is 1.53. The summed E-state index contributed by atoms with van der Waals surface area (Å²) in [4.78, 5) is 0. The van der Waals surface area contributed by atoms with Crippen LogP contribution >= 0.6 is 0 Å². The molecule has 0 saturated heterocycles. The van der Waals surface area contributed by atoms with Crippen LogP contribution in [0.25, 0.3) is 0 Å². The Kier molecular flexibility index (Phi) is 6.06. The molecule has 0 saturated carbocycles. The van der Waals surface area contributed by atoms with Gasteiger partial charge in [0.15, 0.2) is 0 Å². The van der Waals surface area contributed by atoms with Crippen molar-refractivity contribution in [3.8, 4) is 5.75 Å². The molecule has 0 fully saturated rings. The Morgan fingerprint density at radius 1 is 1.18 bits per heavy atom. The van der Waals surface area contributed by atoms with Crippen LogP contribution in [0.5, 0.6) is 5.75 Å². The summed E-state index contributed by atoms with van der Waals surface area (Å²) in [6.07, 6.45) is 2.62. The fourth-order valence-electron chi connectivity index (χ4n) is 1.70. The number of hydrogen-bond acceptors (Lipinski definition) is 2. The predicted octanol–water partition coefficient (Wildman–Crippen LogP) is 3.74. The van der Waals surface area contributed by atoms with E-state index in [-0.39, 0.29) is 6.10 Å². The fraction of sp³-hybridized carbons (Fsp3) is 0.600. The van der Waals surface area contributed by atoms with Gasteiger partial charge in [-0.05, 0) is 49.8 Å². The van der Waals surface area contributed by atoms with E-state index in [1.807, 2.05) is 12.1 Å². The highest BCUT2D eigenvalue weighted by Gasteiger charge is 2.02. The van der Waals surface area contributed by atoms with Gasteiger partial charge in [0.25, 0.3) is 0 Å². The first-order valence-corrected chi connectivity index (χ1v) is 6.54. The van der Waals surface area contributed by atoms with Crippen LogP contribution in [0.2, 0.25) is 0 Å². The number of ether oxygens (including phenoxy) is 1. The van der Waals surface area contributed by atoms with E-state index in [0.717, 1.165) is 25.0 Å². The second kappa shape index (κ2) is 7.33. The lowest BCUT2D eigenvalue weighted by molar-refractivity contribution is 0.170. The highest BCUT2D eigenvalue weighted by molar-refractivity contribution is 5.29. The van der Waals surface area contributed by atoms with E-state index < -0.39 is 0 Å². The molecule has 96 valence electrons. The van der Waals surface area contributed by atoms with Crippen LogP contribution in [0, 0.1) is 0 Å². The van der Waals surface area contributed by atoms with Gasteiger partial charge in [-0.2, -0.15) is 0 Å². The van der Waals surface area contributed by atoms with Crippen LogP contribution in [-0.2, 0) is 0 Å². The Bertz CT molecular complexity index is 303. The molecule has 17 heavy (non-hydrogen) atoms. The SMILES string of the molecule is CCC(C)c1ccc(OCCCC(C)O)cc1. The minimum absolute atomic E-state index is 0.230. The van der Waals surface area contributed by atoms with Crippen molar-refractivity contribution >= 4 is 0 Å². The van der Waals surface area contributed by atoms with Gasteiger partial charge in [-0.15, -0.1) is 0 Å². The van der Waals surface area contributed by atoms with Crippen molar-refractivity contribution in [3.05, 3.63) is 29.8 Å². The lowest BCUT2D eigenvalue weighted by Gasteiger charge is -2.11. The number of aliphatic hydroxyl groups excluding tert-OH is 1. The van der Waals surface area contributed by atoms with Crippen LogP contribution in [0.15, 0.2) is 24.3 Å². The van der Waals surface area contributed by atoms with Gasteiger partial charge in [0.2, 0.25) is 0 Å². The fourth-order valence-corrected chi connectivity index (χ4v) is 1.70. The molecule has 1 aromatic carbocycles. The van der Waals surface area contributed by atoms with Crippen LogP contribution in [-0.4, -0.2) is 17.8 Å². The zero-order valence-electron chi connectivity index (χ0n) is 11.1. The van der Waals surface area contributed by atoms with Crippen LogP contribution in [0.3, 0.4) is 0 Å². The van der Waals surface area contributed by atoms with Gasteiger partial charge in [-0.3, -0.25) is 0 Å². The summed E-state index contributed by atoms with van der Waals surface area (Å²) in [7, 11) is 0. The predicted molar refractivity (Wildman–Crippen MR) is 71.6 cm³/mol. The monoisotopic (exact) mass is 236 g/mol. The van der Waals surface area contributed by atoms with E-state index >= 15 is 0 Å². The van der Waals surface area contributed by atoms with E-state index in [9.17, 15) is 0 Å². The van der Waals surface area contributed by atoms with E-state index in [2.05, 4.69) is 26.0 Å². The van der Waals surface area contributed by atoms with E-state index in [1.54, 1.807) is 6.92 Å². The first-order chi connectivity index (χ1) is 8.13. The van der Waals surface area contributed by atoms with Gasteiger partial charge in [-0.1, -0.05) is 26.0 Å². The maximum atomic E-state index is 9.12. The first kappa shape index (κ1) is 14.0. The second-order valence-corrected chi connectivity index (χ2v) is 4.72. The molecule has 2 nitrogen and oxygen atoms in total. The lowest BCUT2D eigenvalue weighted by Crippen LogP contribution is -2.04. The zero-order valence-corrected chi connectivity index (χ0v) is 11.1. The van der Waals surface area contributed by atoms with Gasteiger partial charge in [0.1, 0.15) is 5.75 Å². The smallest absolute Gasteiger partial charge is 0.119 e. The Morgan fingerprint density at radius 2 is 1.82 bits per heavy atom. The summed E-state index contributed by atoms with van der Waals surface area (Å²) in [6, 6.07) is 8.34. The highest BCUT2D eigenvalue weighted by Crippen LogP contribution is 2.21. The minimum Gasteiger partial charge on any atom is -0.494 e.